The van der Waals surface area contributed by atoms with Gasteiger partial charge in [0.1, 0.15) is 0 Å². The van der Waals surface area contributed by atoms with Gasteiger partial charge in [-0.25, -0.2) is 9.76 Å². The largest absolute Gasteiger partial charge is 0.396 e. The number of alkyl halides is 2. The summed E-state index contributed by atoms with van der Waals surface area (Å²) in [7, 11) is -3.25. The Bertz CT molecular complexity index is 445. The molecule has 1 rings (SSSR count). The Kier molecular flexibility index (Phi) is 10.3. The van der Waals surface area contributed by atoms with Crippen molar-refractivity contribution >= 4 is 30.9 Å². The van der Waals surface area contributed by atoms with E-state index in [0.29, 0.717) is 37.8 Å². The van der Waals surface area contributed by atoms with Crippen molar-refractivity contribution in [2.75, 3.05) is 38.0 Å². The molecule has 0 saturated carbocycles. The third kappa shape index (κ3) is 6.97. The summed E-state index contributed by atoms with van der Waals surface area (Å²) in [5.74, 6) is 0.661. The summed E-state index contributed by atoms with van der Waals surface area (Å²) in [4.78, 5) is 0. The predicted molar refractivity (Wildman–Crippen MR) is 91.6 cm³/mol. The number of nitrogens with zero attached hydrogens (tertiary/aromatic N) is 1. The molecular formula is C14H23Cl2N2O3P. The topological polar surface area (TPSA) is 61.8 Å². The molecule has 0 saturated heterocycles. The molecular weight excluding hydrogens is 346 g/mol. The SMILES string of the molecule is O=[P@@](NCCCO)(OCc1ccccc1)N(CCCl)CCCl. The van der Waals surface area contributed by atoms with Crippen LogP contribution in [0.25, 0.3) is 0 Å². The highest BCUT2D eigenvalue weighted by molar-refractivity contribution is 7.54. The van der Waals surface area contributed by atoms with E-state index in [1.54, 1.807) is 4.67 Å². The van der Waals surface area contributed by atoms with Crippen LogP contribution in [0.15, 0.2) is 30.3 Å². The molecule has 0 aliphatic carbocycles. The molecule has 0 spiro atoms. The van der Waals surface area contributed by atoms with E-state index in [1.807, 2.05) is 30.3 Å². The zero-order valence-corrected chi connectivity index (χ0v) is 14.9. The summed E-state index contributed by atoms with van der Waals surface area (Å²) in [6.07, 6.45) is 0.494. The number of nitrogens with one attached hydrogen (secondary N) is 1. The van der Waals surface area contributed by atoms with Gasteiger partial charge in [-0.3, -0.25) is 4.57 Å². The van der Waals surface area contributed by atoms with E-state index < -0.39 is 7.67 Å². The molecule has 0 amide bonds. The van der Waals surface area contributed by atoms with Crippen LogP contribution < -0.4 is 5.09 Å². The molecule has 22 heavy (non-hydrogen) atoms. The van der Waals surface area contributed by atoms with Crippen LogP contribution in [0.5, 0.6) is 0 Å². The van der Waals surface area contributed by atoms with Gasteiger partial charge < -0.3 is 9.63 Å². The highest BCUT2D eigenvalue weighted by Gasteiger charge is 2.30. The Morgan fingerprint density at radius 1 is 1.18 bits per heavy atom. The minimum absolute atomic E-state index is 0.0245. The van der Waals surface area contributed by atoms with Crippen molar-refractivity contribution in [3.05, 3.63) is 35.9 Å². The van der Waals surface area contributed by atoms with Gasteiger partial charge in [0, 0.05) is 38.0 Å². The average Bonchev–Trinajstić information content (AvgIpc) is 2.54. The Hall–Kier alpha value is -0.130. The lowest BCUT2D eigenvalue weighted by Crippen LogP contribution is -2.33. The fourth-order valence-electron chi connectivity index (χ4n) is 1.83. The second kappa shape index (κ2) is 11.4. The van der Waals surface area contributed by atoms with Crippen molar-refractivity contribution in [1.82, 2.24) is 9.76 Å². The second-order valence-electron chi connectivity index (χ2n) is 4.60. The van der Waals surface area contributed by atoms with Crippen LogP contribution in [0.4, 0.5) is 0 Å². The number of rotatable bonds is 12. The maximum Gasteiger partial charge on any atom is 0.343 e. The Morgan fingerprint density at radius 3 is 2.36 bits per heavy atom. The van der Waals surface area contributed by atoms with Crippen molar-refractivity contribution in [3.8, 4) is 0 Å². The lowest BCUT2D eigenvalue weighted by Gasteiger charge is -2.30. The minimum atomic E-state index is -3.25. The molecule has 1 atom stereocenters. The summed E-state index contributed by atoms with van der Waals surface area (Å²) < 4.78 is 20.5. The predicted octanol–water partition coefficient (Wildman–Crippen LogP) is 3.06. The van der Waals surface area contributed by atoms with Gasteiger partial charge in [-0.1, -0.05) is 30.3 Å². The first-order chi connectivity index (χ1) is 10.7. The number of hydrogen-bond acceptors (Lipinski definition) is 3. The summed E-state index contributed by atoms with van der Waals surface area (Å²) >= 11 is 11.6. The molecule has 0 bridgehead atoms. The second-order valence-corrected chi connectivity index (χ2v) is 7.53. The van der Waals surface area contributed by atoms with Crippen LogP contribution in [0.3, 0.4) is 0 Å². The smallest absolute Gasteiger partial charge is 0.343 e. The van der Waals surface area contributed by atoms with Crippen molar-refractivity contribution < 1.29 is 14.2 Å². The first-order valence-electron chi connectivity index (χ1n) is 7.18. The van der Waals surface area contributed by atoms with Gasteiger partial charge in [0.25, 0.3) is 0 Å². The first kappa shape index (κ1) is 19.9. The summed E-state index contributed by atoms with van der Waals surface area (Å²) in [6, 6.07) is 9.53. The van der Waals surface area contributed by atoms with Crippen LogP contribution in [0.1, 0.15) is 12.0 Å². The van der Waals surface area contributed by atoms with Gasteiger partial charge in [-0.2, -0.15) is 0 Å². The third-order valence-corrected chi connectivity index (χ3v) is 5.54. The summed E-state index contributed by atoms with van der Waals surface area (Å²) in [5.41, 5.74) is 0.934. The van der Waals surface area contributed by atoms with Gasteiger partial charge in [0.05, 0.1) is 6.61 Å². The Balaban J connectivity index is 2.76. The molecule has 1 aromatic rings. The average molecular weight is 369 g/mol. The van der Waals surface area contributed by atoms with E-state index in [9.17, 15) is 4.57 Å². The number of halogens is 2. The molecule has 0 radical (unpaired) electrons. The fraction of sp³-hybridized carbons (Fsp3) is 0.571. The van der Waals surface area contributed by atoms with E-state index in [4.69, 9.17) is 32.8 Å². The number of aliphatic hydroxyl groups excluding tert-OH is 1. The number of hydrogen-bond donors (Lipinski definition) is 2. The van der Waals surface area contributed by atoms with Crippen LogP contribution in [0.2, 0.25) is 0 Å². The molecule has 0 aromatic heterocycles. The molecule has 0 unspecified atom stereocenters. The fourth-order valence-corrected chi connectivity index (χ4v) is 4.42. The van der Waals surface area contributed by atoms with Crippen LogP contribution >= 0.6 is 30.9 Å². The Labute approximate surface area is 142 Å². The summed E-state index contributed by atoms with van der Waals surface area (Å²) in [6.45, 7) is 1.46. The monoisotopic (exact) mass is 368 g/mol. The van der Waals surface area contributed by atoms with Gasteiger partial charge in [-0.05, 0) is 12.0 Å². The molecule has 126 valence electrons. The number of benzene rings is 1. The zero-order valence-electron chi connectivity index (χ0n) is 12.5. The van der Waals surface area contributed by atoms with Crippen molar-refractivity contribution in [1.29, 1.82) is 0 Å². The maximum atomic E-state index is 13.1. The third-order valence-electron chi connectivity index (χ3n) is 2.95. The van der Waals surface area contributed by atoms with E-state index >= 15 is 0 Å². The molecule has 0 heterocycles. The number of aliphatic hydroxyl groups is 1. The molecule has 0 fully saturated rings. The lowest BCUT2D eigenvalue weighted by atomic mass is 10.2. The zero-order chi connectivity index (χ0) is 16.3. The highest BCUT2D eigenvalue weighted by Crippen LogP contribution is 2.47. The Morgan fingerprint density at radius 2 is 1.82 bits per heavy atom. The molecule has 5 nitrogen and oxygen atoms in total. The van der Waals surface area contributed by atoms with E-state index in [-0.39, 0.29) is 13.2 Å². The van der Waals surface area contributed by atoms with E-state index in [2.05, 4.69) is 5.09 Å². The van der Waals surface area contributed by atoms with Crippen LogP contribution in [0, 0.1) is 0 Å². The van der Waals surface area contributed by atoms with Gasteiger partial charge in [0.15, 0.2) is 0 Å². The van der Waals surface area contributed by atoms with Crippen molar-refractivity contribution in [2.45, 2.75) is 13.0 Å². The quantitative estimate of drug-likeness (QED) is 0.337. The van der Waals surface area contributed by atoms with Crippen molar-refractivity contribution in [2.24, 2.45) is 0 Å². The minimum Gasteiger partial charge on any atom is -0.396 e. The molecule has 8 heteroatoms. The lowest BCUT2D eigenvalue weighted by molar-refractivity contribution is 0.244. The molecule has 0 aliphatic heterocycles. The maximum absolute atomic E-state index is 13.1. The van der Waals surface area contributed by atoms with Gasteiger partial charge in [0.2, 0.25) is 0 Å². The van der Waals surface area contributed by atoms with Crippen molar-refractivity contribution in [3.63, 3.8) is 0 Å². The van der Waals surface area contributed by atoms with Crippen LogP contribution in [-0.4, -0.2) is 47.8 Å². The molecule has 0 aliphatic rings. The van der Waals surface area contributed by atoms with E-state index in [1.165, 1.54) is 0 Å². The van der Waals surface area contributed by atoms with Gasteiger partial charge >= 0.3 is 7.67 Å². The molecule has 2 N–H and O–H groups in total. The standard InChI is InChI=1S/C14H23Cl2N2O3P/c15-7-10-18(11-8-16)22(20,17-9-4-12-19)21-13-14-5-2-1-3-6-14/h1-3,5-6,19H,4,7-13H2,(H,17,20)/t22-/m0/s1. The van der Waals surface area contributed by atoms with Gasteiger partial charge in [-0.15, -0.1) is 23.2 Å². The molecule has 1 aromatic carbocycles. The van der Waals surface area contributed by atoms with E-state index in [0.717, 1.165) is 5.56 Å². The van der Waals surface area contributed by atoms with Crippen LogP contribution in [-0.2, 0) is 15.7 Å². The normalized spacial score (nSPS) is 14.2. The first-order valence-corrected chi connectivity index (χ1v) is 9.82. The highest BCUT2D eigenvalue weighted by atomic mass is 35.5. The summed E-state index contributed by atoms with van der Waals surface area (Å²) in [5, 5.41) is 11.8.